The second-order valence-corrected chi connectivity index (χ2v) is 7.56. The van der Waals surface area contributed by atoms with Crippen LogP contribution in [0.3, 0.4) is 0 Å². The highest BCUT2D eigenvalue weighted by atomic mass is 16.6. The second-order valence-electron chi connectivity index (χ2n) is 7.56. The average molecular weight is 388 g/mol. The summed E-state index contributed by atoms with van der Waals surface area (Å²) in [4.78, 5) is 48.5. The average Bonchev–Trinajstić information content (AvgIpc) is 2.91. The Morgan fingerprint density at radius 3 is 2.50 bits per heavy atom. The lowest BCUT2D eigenvalue weighted by Crippen LogP contribution is -2.44. The fraction of sp³-hybridized carbons (Fsp3) is 0.526. The van der Waals surface area contributed by atoms with E-state index < -0.39 is 22.4 Å². The normalized spacial score (nSPS) is 22.8. The molecule has 0 unspecified atom stereocenters. The molecule has 1 saturated heterocycles. The third-order valence-electron chi connectivity index (χ3n) is 5.54. The summed E-state index contributed by atoms with van der Waals surface area (Å²) in [6.45, 7) is 1.73. The summed E-state index contributed by atoms with van der Waals surface area (Å²) in [6.07, 6.45) is 5.74. The predicted octanol–water partition coefficient (Wildman–Crippen LogP) is 2.06. The Kier molecular flexibility index (Phi) is 5.62. The van der Waals surface area contributed by atoms with Crippen molar-refractivity contribution in [2.45, 2.75) is 44.6 Å². The molecule has 9 heteroatoms. The van der Waals surface area contributed by atoms with E-state index in [2.05, 4.69) is 10.6 Å². The SMILES string of the molecule is C[C@@]1(c2ccc([N+](=O)[O-])cc2)NC(=O)N(CC(=O)NCC2CCCCC2)C1=O. The van der Waals surface area contributed by atoms with Crippen LogP contribution in [0, 0.1) is 16.0 Å². The Labute approximate surface area is 162 Å². The number of benzene rings is 1. The van der Waals surface area contributed by atoms with E-state index in [1.165, 1.54) is 50.5 Å². The molecular weight excluding hydrogens is 364 g/mol. The maximum absolute atomic E-state index is 12.8. The molecule has 1 heterocycles. The van der Waals surface area contributed by atoms with E-state index in [-0.39, 0.29) is 18.1 Å². The number of hydrogen-bond acceptors (Lipinski definition) is 5. The van der Waals surface area contributed by atoms with E-state index >= 15 is 0 Å². The molecule has 4 amide bonds. The van der Waals surface area contributed by atoms with Crippen molar-refractivity contribution in [1.29, 1.82) is 0 Å². The molecule has 1 aliphatic carbocycles. The van der Waals surface area contributed by atoms with E-state index in [0.29, 0.717) is 18.0 Å². The summed E-state index contributed by atoms with van der Waals surface area (Å²) >= 11 is 0. The van der Waals surface area contributed by atoms with Crippen molar-refractivity contribution in [3.63, 3.8) is 0 Å². The number of carbonyl (C=O) groups excluding carboxylic acids is 3. The first-order valence-corrected chi connectivity index (χ1v) is 9.47. The quantitative estimate of drug-likeness (QED) is 0.439. The summed E-state index contributed by atoms with van der Waals surface area (Å²) in [6, 6.07) is 4.77. The number of non-ortho nitro benzene ring substituents is 1. The van der Waals surface area contributed by atoms with E-state index in [4.69, 9.17) is 0 Å². The van der Waals surface area contributed by atoms with Gasteiger partial charge in [0.15, 0.2) is 0 Å². The molecule has 0 bridgehead atoms. The first-order valence-electron chi connectivity index (χ1n) is 9.47. The fourth-order valence-corrected chi connectivity index (χ4v) is 3.80. The number of imide groups is 1. The van der Waals surface area contributed by atoms with Crippen molar-refractivity contribution < 1.29 is 19.3 Å². The number of nitrogens with zero attached hydrogens (tertiary/aromatic N) is 2. The molecule has 3 rings (SSSR count). The topological polar surface area (TPSA) is 122 Å². The summed E-state index contributed by atoms with van der Waals surface area (Å²) in [5.74, 6) is -0.479. The van der Waals surface area contributed by atoms with Gasteiger partial charge in [-0.05, 0) is 43.4 Å². The van der Waals surface area contributed by atoms with Crippen molar-refractivity contribution in [2.24, 2.45) is 5.92 Å². The Balaban J connectivity index is 1.63. The van der Waals surface area contributed by atoms with E-state index in [1.54, 1.807) is 0 Å². The summed E-state index contributed by atoms with van der Waals surface area (Å²) < 4.78 is 0. The summed E-state index contributed by atoms with van der Waals surface area (Å²) in [7, 11) is 0. The molecule has 28 heavy (non-hydrogen) atoms. The van der Waals surface area contributed by atoms with E-state index in [0.717, 1.165) is 17.7 Å². The molecule has 1 aromatic rings. The van der Waals surface area contributed by atoms with Crippen molar-refractivity contribution in [2.75, 3.05) is 13.1 Å². The maximum Gasteiger partial charge on any atom is 0.325 e. The molecule has 2 fully saturated rings. The van der Waals surface area contributed by atoms with Crippen molar-refractivity contribution in [3.05, 3.63) is 39.9 Å². The van der Waals surface area contributed by atoms with Gasteiger partial charge in [0, 0.05) is 18.7 Å². The van der Waals surface area contributed by atoms with Crippen LogP contribution in [0.25, 0.3) is 0 Å². The van der Waals surface area contributed by atoms with Gasteiger partial charge in [-0.1, -0.05) is 19.3 Å². The van der Waals surface area contributed by atoms with Gasteiger partial charge >= 0.3 is 6.03 Å². The van der Waals surface area contributed by atoms with Crippen molar-refractivity contribution in [3.8, 4) is 0 Å². The Morgan fingerprint density at radius 2 is 1.89 bits per heavy atom. The van der Waals surface area contributed by atoms with Gasteiger partial charge in [0.05, 0.1) is 4.92 Å². The van der Waals surface area contributed by atoms with Gasteiger partial charge in [0.25, 0.3) is 11.6 Å². The highest BCUT2D eigenvalue weighted by Crippen LogP contribution is 2.30. The zero-order valence-corrected chi connectivity index (χ0v) is 15.8. The molecule has 150 valence electrons. The van der Waals surface area contributed by atoms with Crippen LogP contribution in [-0.4, -0.2) is 40.8 Å². The molecule has 1 aliphatic heterocycles. The molecule has 1 atom stereocenters. The fourth-order valence-electron chi connectivity index (χ4n) is 3.80. The van der Waals surface area contributed by atoms with Gasteiger partial charge in [-0.2, -0.15) is 0 Å². The minimum atomic E-state index is -1.37. The summed E-state index contributed by atoms with van der Waals surface area (Å²) in [5.41, 5.74) is -1.06. The number of urea groups is 1. The first-order chi connectivity index (χ1) is 13.3. The van der Waals surface area contributed by atoms with Gasteiger partial charge in [-0.3, -0.25) is 24.6 Å². The van der Waals surface area contributed by atoms with Crippen molar-refractivity contribution >= 4 is 23.5 Å². The van der Waals surface area contributed by atoms with Crippen LogP contribution < -0.4 is 10.6 Å². The molecule has 2 N–H and O–H groups in total. The molecule has 2 aliphatic rings. The van der Waals surface area contributed by atoms with Crippen LogP contribution in [0.15, 0.2) is 24.3 Å². The lowest BCUT2D eigenvalue weighted by Gasteiger charge is -2.23. The van der Waals surface area contributed by atoms with Crippen molar-refractivity contribution in [1.82, 2.24) is 15.5 Å². The minimum Gasteiger partial charge on any atom is -0.354 e. The maximum atomic E-state index is 12.8. The molecule has 1 aromatic carbocycles. The zero-order valence-electron chi connectivity index (χ0n) is 15.8. The largest absolute Gasteiger partial charge is 0.354 e. The number of nitrogens with one attached hydrogen (secondary N) is 2. The van der Waals surface area contributed by atoms with Gasteiger partial charge < -0.3 is 10.6 Å². The number of rotatable bonds is 6. The van der Waals surface area contributed by atoms with Gasteiger partial charge in [-0.25, -0.2) is 4.79 Å². The van der Waals surface area contributed by atoms with Gasteiger partial charge in [0.1, 0.15) is 12.1 Å². The molecule has 9 nitrogen and oxygen atoms in total. The third-order valence-corrected chi connectivity index (χ3v) is 5.54. The van der Waals surface area contributed by atoms with Crippen LogP contribution in [-0.2, 0) is 15.1 Å². The monoisotopic (exact) mass is 388 g/mol. The molecular formula is C19H24N4O5. The highest BCUT2D eigenvalue weighted by molar-refractivity contribution is 6.09. The summed E-state index contributed by atoms with van der Waals surface area (Å²) in [5, 5.41) is 16.2. The van der Waals surface area contributed by atoms with E-state index in [9.17, 15) is 24.5 Å². The number of nitro benzene ring substituents is 1. The van der Waals surface area contributed by atoms with Crippen LogP contribution in [0.5, 0.6) is 0 Å². The smallest absolute Gasteiger partial charge is 0.325 e. The number of carbonyl (C=O) groups is 3. The number of amides is 4. The standard InChI is InChI=1S/C19H24N4O5/c1-19(14-7-9-15(10-8-14)23(27)28)17(25)22(18(26)21-19)12-16(24)20-11-13-5-3-2-4-6-13/h7-10,13H,2-6,11-12H2,1H3,(H,20,24)(H,21,26)/t19-/m0/s1. The Hall–Kier alpha value is -2.97. The lowest BCUT2D eigenvalue weighted by atomic mass is 9.89. The van der Waals surface area contributed by atoms with Crippen LogP contribution in [0.1, 0.15) is 44.6 Å². The Morgan fingerprint density at radius 1 is 1.25 bits per heavy atom. The number of nitro groups is 1. The Bertz CT molecular complexity index is 788. The highest BCUT2D eigenvalue weighted by Gasteiger charge is 2.49. The molecule has 0 aromatic heterocycles. The van der Waals surface area contributed by atoms with Gasteiger partial charge in [-0.15, -0.1) is 0 Å². The number of hydrogen-bond donors (Lipinski definition) is 2. The lowest BCUT2D eigenvalue weighted by molar-refractivity contribution is -0.384. The third kappa shape index (κ3) is 3.97. The first kappa shape index (κ1) is 19.8. The molecule has 1 saturated carbocycles. The van der Waals surface area contributed by atoms with Crippen LogP contribution in [0.2, 0.25) is 0 Å². The van der Waals surface area contributed by atoms with E-state index in [1.807, 2.05) is 0 Å². The zero-order chi connectivity index (χ0) is 20.3. The van der Waals surface area contributed by atoms with Crippen LogP contribution >= 0.6 is 0 Å². The molecule has 0 radical (unpaired) electrons. The van der Waals surface area contributed by atoms with Crippen LogP contribution in [0.4, 0.5) is 10.5 Å². The predicted molar refractivity (Wildman–Crippen MR) is 100 cm³/mol. The minimum absolute atomic E-state index is 0.108. The second kappa shape index (κ2) is 7.95. The van der Waals surface area contributed by atoms with Gasteiger partial charge in [0.2, 0.25) is 5.91 Å². The molecule has 0 spiro atoms.